The molecule has 0 aliphatic rings. The van der Waals surface area contributed by atoms with Gasteiger partial charge in [-0.2, -0.15) is 0 Å². The molecule has 5 heteroatoms. The summed E-state index contributed by atoms with van der Waals surface area (Å²) < 4.78 is 33.3. The first-order chi connectivity index (χ1) is 9.04. The molecule has 0 aromatic heterocycles. The third-order valence-corrected chi connectivity index (χ3v) is 3.58. The summed E-state index contributed by atoms with van der Waals surface area (Å²) in [7, 11) is 0. The fourth-order valence-electron chi connectivity index (χ4n) is 1.63. The summed E-state index contributed by atoms with van der Waals surface area (Å²) in [6.07, 6.45) is 0. The topological polar surface area (TPSA) is 35.2 Å². The van der Waals surface area contributed by atoms with Crippen molar-refractivity contribution in [3.05, 3.63) is 57.6 Å². The average Bonchev–Trinajstić information content (AvgIpc) is 2.40. The summed E-state index contributed by atoms with van der Waals surface area (Å²) in [5.74, 6) is -1.15. The number of hydrogen-bond donors (Lipinski definition) is 1. The van der Waals surface area contributed by atoms with E-state index in [0.29, 0.717) is 11.1 Å². The van der Waals surface area contributed by atoms with Crippen LogP contribution in [-0.2, 0) is 6.54 Å². The Kier molecular flexibility index (Phi) is 4.17. The van der Waals surface area contributed by atoms with Crippen LogP contribution >= 0.6 is 15.9 Å². The van der Waals surface area contributed by atoms with Crippen LogP contribution in [0.15, 0.2) is 34.8 Å². The molecule has 0 radical (unpaired) electrons. The number of hydrogen-bond acceptors (Lipinski definition) is 2. The van der Waals surface area contributed by atoms with E-state index >= 15 is 0 Å². The number of nitrogens with two attached hydrogens (primary N) is 1. The fourth-order valence-corrected chi connectivity index (χ4v) is 2.12. The van der Waals surface area contributed by atoms with Gasteiger partial charge in [0.1, 0.15) is 0 Å². The van der Waals surface area contributed by atoms with E-state index in [4.69, 9.17) is 10.5 Å². The summed E-state index contributed by atoms with van der Waals surface area (Å²) in [4.78, 5) is 0. The van der Waals surface area contributed by atoms with E-state index in [-0.39, 0.29) is 22.5 Å². The molecule has 0 aliphatic heterocycles. The molecule has 0 aliphatic carbocycles. The van der Waals surface area contributed by atoms with E-state index in [9.17, 15) is 8.78 Å². The molecule has 0 spiro atoms. The van der Waals surface area contributed by atoms with Gasteiger partial charge >= 0.3 is 0 Å². The van der Waals surface area contributed by atoms with Crippen molar-refractivity contribution in [1.82, 2.24) is 0 Å². The van der Waals surface area contributed by atoms with E-state index in [1.807, 2.05) is 0 Å². The molecule has 100 valence electrons. The second-order valence-electron chi connectivity index (χ2n) is 4.04. The molecule has 0 atom stereocenters. The zero-order valence-corrected chi connectivity index (χ0v) is 11.8. The van der Waals surface area contributed by atoms with Gasteiger partial charge in [0.15, 0.2) is 23.1 Å². The average molecular weight is 328 g/mol. The van der Waals surface area contributed by atoms with Gasteiger partial charge < -0.3 is 10.5 Å². The largest absolute Gasteiger partial charge is 0.451 e. The summed E-state index contributed by atoms with van der Waals surface area (Å²) in [6, 6.07) is 7.79. The molecule has 2 rings (SSSR count). The lowest BCUT2D eigenvalue weighted by Crippen LogP contribution is -2.00. The maximum absolute atomic E-state index is 14.0. The first kappa shape index (κ1) is 14.0. The SMILES string of the molecule is Cc1cccc(Oc2ccc(CN)c(Br)c2F)c1F. The molecule has 2 nitrogen and oxygen atoms in total. The second kappa shape index (κ2) is 5.67. The number of benzene rings is 2. The molecule has 19 heavy (non-hydrogen) atoms. The van der Waals surface area contributed by atoms with E-state index < -0.39 is 11.6 Å². The Morgan fingerprint density at radius 3 is 2.47 bits per heavy atom. The van der Waals surface area contributed by atoms with Crippen LogP contribution in [0.4, 0.5) is 8.78 Å². The van der Waals surface area contributed by atoms with Crippen molar-refractivity contribution in [3.8, 4) is 11.5 Å². The molecule has 2 N–H and O–H groups in total. The number of aryl methyl sites for hydroxylation is 1. The van der Waals surface area contributed by atoms with Crippen LogP contribution in [0.2, 0.25) is 0 Å². The summed E-state index contributed by atoms with van der Waals surface area (Å²) in [5, 5.41) is 0. The Hall–Kier alpha value is -1.46. The van der Waals surface area contributed by atoms with Crippen LogP contribution in [0.25, 0.3) is 0 Å². The summed E-state index contributed by atoms with van der Waals surface area (Å²) >= 11 is 3.11. The van der Waals surface area contributed by atoms with Gasteiger partial charge in [-0.25, -0.2) is 8.78 Å². The van der Waals surface area contributed by atoms with Crippen LogP contribution < -0.4 is 10.5 Å². The molecule has 0 heterocycles. The maximum Gasteiger partial charge on any atom is 0.180 e. The van der Waals surface area contributed by atoms with Gasteiger partial charge in [0, 0.05) is 6.54 Å². The zero-order valence-electron chi connectivity index (χ0n) is 10.2. The summed E-state index contributed by atoms with van der Waals surface area (Å²) in [6.45, 7) is 1.82. The van der Waals surface area contributed by atoms with Crippen molar-refractivity contribution in [2.24, 2.45) is 5.73 Å². The predicted molar refractivity (Wildman–Crippen MR) is 73.2 cm³/mol. The standard InChI is InChI=1S/C14H12BrF2NO/c1-8-3-2-4-10(13(8)16)19-11-6-5-9(7-18)12(15)14(11)17/h2-6H,7,18H2,1H3. The van der Waals surface area contributed by atoms with Crippen molar-refractivity contribution < 1.29 is 13.5 Å². The third-order valence-electron chi connectivity index (χ3n) is 2.72. The minimum atomic E-state index is -0.594. The highest BCUT2D eigenvalue weighted by Crippen LogP contribution is 2.33. The van der Waals surface area contributed by atoms with Crippen molar-refractivity contribution in [3.63, 3.8) is 0 Å². The minimum absolute atomic E-state index is 0.00806. The van der Waals surface area contributed by atoms with Crippen molar-refractivity contribution in [1.29, 1.82) is 0 Å². The number of rotatable bonds is 3. The van der Waals surface area contributed by atoms with Crippen LogP contribution in [-0.4, -0.2) is 0 Å². The Morgan fingerprint density at radius 1 is 1.11 bits per heavy atom. The highest BCUT2D eigenvalue weighted by atomic mass is 79.9. The van der Waals surface area contributed by atoms with Gasteiger partial charge in [-0.3, -0.25) is 0 Å². The Labute approximate surface area is 118 Å². The predicted octanol–water partition coefficient (Wildman–Crippen LogP) is 4.29. The lowest BCUT2D eigenvalue weighted by atomic mass is 10.2. The van der Waals surface area contributed by atoms with Crippen LogP contribution in [0.1, 0.15) is 11.1 Å². The quantitative estimate of drug-likeness (QED) is 0.912. The second-order valence-corrected chi connectivity index (χ2v) is 4.84. The van der Waals surface area contributed by atoms with Gasteiger partial charge in [-0.15, -0.1) is 0 Å². The lowest BCUT2D eigenvalue weighted by Gasteiger charge is -2.11. The molecule has 0 unspecified atom stereocenters. The zero-order chi connectivity index (χ0) is 14.0. The van der Waals surface area contributed by atoms with E-state index in [2.05, 4.69) is 15.9 Å². The monoisotopic (exact) mass is 327 g/mol. The third kappa shape index (κ3) is 2.77. The lowest BCUT2D eigenvalue weighted by molar-refractivity contribution is 0.411. The highest BCUT2D eigenvalue weighted by Gasteiger charge is 2.14. The molecule has 2 aromatic carbocycles. The van der Waals surface area contributed by atoms with E-state index in [1.165, 1.54) is 12.1 Å². The molecule has 0 amide bonds. The van der Waals surface area contributed by atoms with E-state index in [1.54, 1.807) is 25.1 Å². The van der Waals surface area contributed by atoms with Gasteiger partial charge in [0.05, 0.1) is 4.47 Å². The van der Waals surface area contributed by atoms with Crippen LogP contribution in [0, 0.1) is 18.6 Å². The van der Waals surface area contributed by atoms with Gasteiger partial charge in [0.25, 0.3) is 0 Å². The van der Waals surface area contributed by atoms with Crippen LogP contribution in [0.3, 0.4) is 0 Å². The summed E-state index contributed by atoms with van der Waals surface area (Å²) in [5.41, 5.74) is 6.53. The number of ether oxygens (including phenoxy) is 1. The van der Waals surface area contributed by atoms with Gasteiger partial charge in [-0.1, -0.05) is 18.2 Å². The van der Waals surface area contributed by atoms with Crippen molar-refractivity contribution in [2.75, 3.05) is 0 Å². The molecular weight excluding hydrogens is 316 g/mol. The maximum atomic E-state index is 14.0. The van der Waals surface area contributed by atoms with Gasteiger partial charge in [0.2, 0.25) is 0 Å². The van der Waals surface area contributed by atoms with Gasteiger partial charge in [-0.05, 0) is 46.1 Å². The van der Waals surface area contributed by atoms with Crippen molar-refractivity contribution in [2.45, 2.75) is 13.5 Å². The molecule has 0 bridgehead atoms. The number of halogens is 3. The molecule has 0 saturated heterocycles. The molecule has 2 aromatic rings. The normalized spacial score (nSPS) is 10.6. The van der Waals surface area contributed by atoms with E-state index in [0.717, 1.165) is 0 Å². The molecular formula is C14H12BrF2NO. The highest BCUT2D eigenvalue weighted by molar-refractivity contribution is 9.10. The van der Waals surface area contributed by atoms with Crippen molar-refractivity contribution >= 4 is 15.9 Å². The fraction of sp³-hybridized carbons (Fsp3) is 0.143. The molecule has 0 fully saturated rings. The first-order valence-corrected chi connectivity index (χ1v) is 6.43. The molecule has 0 saturated carbocycles. The Morgan fingerprint density at radius 2 is 1.79 bits per heavy atom. The smallest absolute Gasteiger partial charge is 0.180 e. The Balaban J connectivity index is 2.39. The minimum Gasteiger partial charge on any atom is -0.451 e. The first-order valence-electron chi connectivity index (χ1n) is 5.64. The van der Waals surface area contributed by atoms with Crippen LogP contribution in [0.5, 0.6) is 11.5 Å². The Bertz CT molecular complexity index is 617.